The molecule has 3 aromatic rings. The van der Waals surface area contributed by atoms with E-state index >= 15 is 0 Å². The fourth-order valence-corrected chi connectivity index (χ4v) is 1.65. The molecule has 0 unspecified atom stereocenters. The van der Waals surface area contributed by atoms with E-state index in [4.69, 9.17) is 22.1 Å². The van der Waals surface area contributed by atoms with Crippen LogP contribution in [-0.4, -0.2) is 24.7 Å². The zero-order valence-electron chi connectivity index (χ0n) is 10.1. The highest BCUT2D eigenvalue weighted by molar-refractivity contribution is 6.31. The second-order valence-electron chi connectivity index (χ2n) is 3.79. The summed E-state index contributed by atoms with van der Waals surface area (Å²) in [5.74, 6) is 0.178. The average molecular weight is 289 g/mol. The smallest absolute Gasteiger partial charge is 0.342 e. The fourth-order valence-electron chi connectivity index (χ4n) is 1.52. The van der Waals surface area contributed by atoms with Crippen molar-refractivity contribution in [2.45, 2.75) is 0 Å². The lowest BCUT2D eigenvalue weighted by Crippen LogP contribution is -1.99. The standard InChI is InChI=1S/C12H9ClN6O/c13-9-6-15-11(14)17-10(9)20-12-16-7-19(18-12)8-4-2-1-3-5-8/h1-7H,(H2,14,15,17). The maximum atomic E-state index is 5.90. The fraction of sp³-hybridized carbons (Fsp3) is 0. The summed E-state index contributed by atoms with van der Waals surface area (Å²) in [6.45, 7) is 0. The molecule has 2 heterocycles. The third-order valence-electron chi connectivity index (χ3n) is 2.41. The molecule has 0 atom stereocenters. The van der Waals surface area contributed by atoms with E-state index in [0.29, 0.717) is 0 Å². The molecule has 2 N–H and O–H groups in total. The van der Waals surface area contributed by atoms with Gasteiger partial charge in [-0.1, -0.05) is 29.8 Å². The highest BCUT2D eigenvalue weighted by Crippen LogP contribution is 2.24. The van der Waals surface area contributed by atoms with Crippen LogP contribution in [-0.2, 0) is 0 Å². The Labute approximate surface area is 119 Å². The van der Waals surface area contributed by atoms with Crippen LogP contribution in [0, 0.1) is 0 Å². The number of benzene rings is 1. The first-order valence-electron chi connectivity index (χ1n) is 5.65. The van der Waals surface area contributed by atoms with Crippen LogP contribution in [0.25, 0.3) is 5.69 Å². The molecule has 0 aliphatic carbocycles. The Balaban J connectivity index is 1.86. The average Bonchev–Trinajstić information content (AvgIpc) is 2.92. The Morgan fingerprint density at radius 1 is 1.15 bits per heavy atom. The van der Waals surface area contributed by atoms with Gasteiger partial charge in [0, 0.05) is 0 Å². The van der Waals surface area contributed by atoms with E-state index in [1.807, 2.05) is 30.3 Å². The van der Waals surface area contributed by atoms with Crippen LogP contribution >= 0.6 is 11.6 Å². The maximum Gasteiger partial charge on any atom is 0.342 e. The number of aromatic nitrogens is 5. The van der Waals surface area contributed by atoms with Crippen molar-refractivity contribution in [1.29, 1.82) is 0 Å². The van der Waals surface area contributed by atoms with Crippen molar-refractivity contribution in [2.24, 2.45) is 0 Å². The lowest BCUT2D eigenvalue weighted by Gasteiger charge is -2.02. The van der Waals surface area contributed by atoms with Gasteiger partial charge >= 0.3 is 6.01 Å². The number of hydrogen-bond donors (Lipinski definition) is 1. The number of anilines is 1. The first-order valence-corrected chi connectivity index (χ1v) is 6.03. The monoisotopic (exact) mass is 288 g/mol. The largest absolute Gasteiger partial charge is 0.402 e. The molecule has 3 rings (SSSR count). The summed E-state index contributed by atoms with van der Waals surface area (Å²) in [7, 11) is 0. The number of nitrogens with two attached hydrogens (primary N) is 1. The summed E-state index contributed by atoms with van der Waals surface area (Å²) in [6, 6.07) is 9.64. The highest BCUT2D eigenvalue weighted by atomic mass is 35.5. The van der Waals surface area contributed by atoms with E-state index in [1.165, 1.54) is 12.5 Å². The van der Waals surface area contributed by atoms with Crippen molar-refractivity contribution >= 4 is 17.5 Å². The van der Waals surface area contributed by atoms with Gasteiger partial charge in [-0.05, 0) is 12.1 Å². The van der Waals surface area contributed by atoms with Gasteiger partial charge in [-0.3, -0.25) is 0 Å². The molecule has 0 aliphatic heterocycles. The van der Waals surface area contributed by atoms with Crippen molar-refractivity contribution < 1.29 is 4.74 Å². The molecule has 0 radical (unpaired) electrons. The van der Waals surface area contributed by atoms with Crippen molar-refractivity contribution in [3.05, 3.63) is 47.9 Å². The number of nitrogens with zero attached hydrogens (tertiary/aromatic N) is 5. The van der Waals surface area contributed by atoms with Crippen molar-refractivity contribution in [1.82, 2.24) is 24.7 Å². The van der Waals surface area contributed by atoms with Gasteiger partial charge in [0.15, 0.2) is 0 Å². The maximum absolute atomic E-state index is 5.90. The molecule has 0 spiro atoms. The Morgan fingerprint density at radius 3 is 2.75 bits per heavy atom. The Kier molecular flexibility index (Phi) is 3.18. The lowest BCUT2D eigenvalue weighted by molar-refractivity contribution is 0.425. The van der Waals surface area contributed by atoms with Gasteiger partial charge in [0.2, 0.25) is 11.8 Å². The van der Waals surface area contributed by atoms with E-state index in [-0.39, 0.29) is 22.9 Å². The van der Waals surface area contributed by atoms with Crippen LogP contribution < -0.4 is 10.5 Å². The first kappa shape index (κ1) is 12.4. The molecule has 0 aliphatic rings. The molecule has 100 valence electrons. The molecule has 0 bridgehead atoms. The number of para-hydroxylation sites is 1. The van der Waals surface area contributed by atoms with Gasteiger partial charge < -0.3 is 10.5 Å². The van der Waals surface area contributed by atoms with Gasteiger partial charge in [-0.15, -0.1) is 5.10 Å². The molecular formula is C12H9ClN6O. The molecule has 20 heavy (non-hydrogen) atoms. The minimum Gasteiger partial charge on any atom is -0.402 e. The lowest BCUT2D eigenvalue weighted by atomic mass is 10.3. The van der Waals surface area contributed by atoms with Gasteiger partial charge in [-0.25, -0.2) is 9.67 Å². The zero-order valence-corrected chi connectivity index (χ0v) is 10.9. The molecule has 0 saturated heterocycles. The van der Waals surface area contributed by atoms with Crippen LogP contribution in [0.5, 0.6) is 11.9 Å². The summed E-state index contributed by atoms with van der Waals surface area (Å²) in [5.41, 5.74) is 6.33. The molecule has 2 aromatic heterocycles. The summed E-state index contributed by atoms with van der Waals surface area (Å²) in [5, 5.41) is 4.40. The number of ether oxygens (including phenoxy) is 1. The highest BCUT2D eigenvalue weighted by Gasteiger charge is 2.10. The molecule has 0 amide bonds. The van der Waals surface area contributed by atoms with Crippen molar-refractivity contribution in [2.75, 3.05) is 5.73 Å². The molecular weight excluding hydrogens is 280 g/mol. The predicted molar refractivity (Wildman–Crippen MR) is 72.9 cm³/mol. The summed E-state index contributed by atoms with van der Waals surface area (Å²) in [6.07, 6.45) is 2.89. The zero-order chi connectivity index (χ0) is 13.9. The van der Waals surface area contributed by atoms with Crippen molar-refractivity contribution in [3.8, 4) is 17.6 Å². The van der Waals surface area contributed by atoms with Gasteiger partial charge in [-0.2, -0.15) is 9.97 Å². The number of rotatable bonds is 3. The van der Waals surface area contributed by atoms with E-state index in [1.54, 1.807) is 4.68 Å². The van der Waals surface area contributed by atoms with E-state index in [2.05, 4.69) is 20.1 Å². The van der Waals surface area contributed by atoms with E-state index < -0.39 is 0 Å². The van der Waals surface area contributed by atoms with Crippen LogP contribution in [0.1, 0.15) is 0 Å². The first-order chi connectivity index (χ1) is 9.72. The molecule has 0 saturated carbocycles. The van der Waals surface area contributed by atoms with Crippen LogP contribution in [0.2, 0.25) is 5.02 Å². The Bertz CT molecular complexity index is 730. The normalized spacial score (nSPS) is 10.4. The number of halogens is 1. The van der Waals surface area contributed by atoms with Crippen LogP contribution in [0.4, 0.5) is 5.95 Å². The summed E-state index contributed by atoms with van der Waals surface area (Å²) < 4.78 is 6.96. The van der Waals surface area contributed by atoms with Gasteiger partial charge in [0.1, 0.15) is 11.3 Å². The van der Waals surface area contributed by atoms with E-state index in [0.717, 1.165) is 5.69 Å². The number of hydrogen-bond acceptors (Lipinski definition) is 6. The van der Waals surface area contributed by atoms with Gasteiger partial charge in [0.25, 0.3) is 0 Å². The second-order valence-corrected chi connectivity index (χ2v) is 4.20. The molecule has 1 aromatic carbocycles. The SMILES string of the molecule is Nc1ncc(Cl)c(Oc2ncn(-c3ccccc3)n2)n1. The quantitative estimate of drug-likeness (QED) is 0.793. The Morgan fingerprint density at radius 2 is 1.95 bits per heavy atom. The van der Waals surface area contributed by atoms with E-state index in [9.17, 15) is 0 Å². The van der Waals surface area contributed by atoms with Crippen molar-refractivity contribution in [3.63, 3.8) is 0 Å². The predicted octanol–water partition coefficient (Wildman–Crippen LogP) is 2.09. The summed E-state index contributed by atoms with van der Waals surface area (Å²) >= 11 is 5.90. The number of nitrogen functional groups attached to an aromatic ring is 1. The van der Waals surface area contributed by atoms with Gasteiger partial charge in [0.05, 0.1) is 11.9 Å². The molecule has 7 nitrogen and oxygen atoms in total. The Hall–Kier alpha value is -2.67. The topological polar surface area (TPSA) is 91.7 Å². The summed E-state index contributed by atoms with van der Waals surface area (Å²) in [4.78, 5) is 11.6. The molecule has 8 heteroatoms. The molecule has 0 fully saturated rings. The third-order valence-corrected chi connectivity index (χ3v) is 2.67. The van der Waals surface area contributed by atoms with Crippen LogP contribution in [0.15, 0.2) is 42.9 Å². The second kappa shape index (κ2) is 5.14. The minimum atomic E-state index is 0.0619. The third kappa shape index (κ3) is 2.52. The minimum absolute atomic E-state index is 0.0619. The van der Waals surface area contributed by atoms with Crippen LogP contribution in [0.3, 0.4) is 0 Å².